The smallest absolute Gasteiger partial charge is 0.344 e. The van der Waals surface area contributed by atoms with E-state index in [1.54, 1.807) is 66.3 Å². The molecule has 1 N–H and O–H groups in total. The summed E-state index contributed by atoms with van der Waals surface area (Å²) >= 11 is 6.29. The quantitative estimate of drug-likeness (QED) is 0.256. The molecule has 1 aliphatic heterocycles. The summed E-state index contributed by atoms with van der Waals surface area (Å²) in [6.45, 7) is 0.601. The lowest BCUT2D eigenvalue weighted by molar-refractivity contribution is -0.119. The number of aromatic nitrogens is 6. The van der Waals surface area contributed by atoms with Gasteiger partial charge in [0.05, 0.1) is 46.4 Å². The molecule has 6 rings (SSSR count). The second-order valence-electron chi connectivity index (χ2n) is 10.1. The van der Waals surface area contributed by atoms with Gasteiger partial charge < -0.3 is 9.73 Å². The van der Waals surface area contributed by atoms with Gasteiger partial charge in [-0.2, -0.15) is 13.9 Å². The van der Waals surface area contributed by atoms with Crippen molar-refractivity contribution in [2.75, 3.05) is 5.32 Å². The summed E-state index contributed by atoms with van der Waals surface area (Å²) in [5.41, 5.74) is 2.74. The van der Waals surface area contributed by atoms with Crippen LogP contribution in [0.3, 0.4) is 0 Å². The van der Waals surface area contributed by atoms with E-state index in [9.17, 15) is 18.4 Å². The fourth-order valence-electron chi connectivity index (χ4n) is 4.96. The zero-order valence-corrected chi connectivity index (χ0v) is 23.7. The summed E-state index contributed by atoms with van der Waals surface area (Å²) in [7, 11) is 0. The Morgan fingerprint density at radius 1 is 1.12 bits per heavy atom. The largest absolute Gasteiger partial charge is 0.422 e. The maximum atomic E-state index is 13.9. The minimum atomic E-state index is -2.95. The molecule has 0 aliphatic carbocycles. The summed E-state index contributed by atoms with van der Waals surface area (Å²) in [5, 5.41) is 15.1. The third kappa shape index (κ3) is 5.48. The Bertz CT molecular complexity index is 1950. The van der Waals surface area contributed by atoms with Crippen LogP contribution in [0.1, 0.15) is 43.3 Å². The molecule has 0 saturated carbocycles. The van der Waals surface area contributed by atoms with Gasteiger partial charge in [0, 0.05) is 33.8 Å². The Balaban J connectivity index is 1.47. The second kappa shape index (κ2) is 11.4. The summed E-state index contributed by atoms with van der Waals surface area (Å²) in [4.78, 5) is 30.9. The van der Waals surface area contributed by atoms with Crippen LogP contribution in [0.25, 0.3) is 33.8 Å². The van der Waals surface area contributed by atoms with Crippen molar-refractivity contribution < 1.29 is 18.0 Å². The molecule has 0 unspecified atom stereocenters. The van der Waals surface area contributed by atoms with E-state index < -0.39 is 18.1 Å². The Labute approximate surface area is 248 Å². The number of allylic oxidation sites excluding steroid dienone is 1. The van der Waals surface area contributed by atoms with Crippen molar-refractivity contribution in [3.05, 3.63) is 99.5 Å². The lowest BCUT2D eigenvalue weighted by atomic mass is 9.96. The summed E-state index contributed by atoms with van der Waals surface area (Å²) < 4.78 is 35.7. The first-order chi connectivity index (χ1) is 20.7. The molecule has 1 amide bonds. The van der Waals surface area contributed by atoms with Gasteiger partial charge in [-0.1, -0.05) is 29.8 Å². The van der Waals surface area contributed by atoms with Crippen LogP contribution in [0.4, 0.5) is 14.5 Å². The minimum absolute atomic E-state index is 0.0262. The molecule has 0 spiro atoms. The van der Waals surface area contributed by atoms with Crippen LogP contribution in [-0.2, 0) is 4.79 Å². The molecule has 13 heteroatoms. The Morgan fingerprint density at radius 3 is 2.70 bits per heavy atom. The van der Waals surface area contributed by atoms with E-state index in [1.807, 2.05) is 6.92 Å². The summed E-state index contributed by atoms with van der Waals surface area (Å²) in [6, 6.07) is 11.5. The van der Waals surface area contributed by atoms with Crippen LogP contribution < -0.4 is 10.9 Å². The van der Waals surface area contributed by atoms with Crippen LogP contribution >= 0.6 is 11.6 Å². The molecule has 43 heavy (non-hydrogen) atoms. The van der Waals surface area contributed by atoms with Crippen molar-refractivity contribution in [2.45, 2.75) is 33.2 Å². The number of anilines is 1. The number of halogens is 3. The van der Waals surface area contributed by atoms with Gasteiger partial charge in [-0.05, 0) is 62.2 Å². The molecule has 10 nitrogen and oxygen atoms in total. The van der Waals surface area contributed by atoms with Crippen molar-refractivity contribution in [3.8, 4) is 28.3 Å². The molecular formula is C30H24ClF2N7O3. The van der Waals surface area contributed by atoms with Gasteiger partial charge in [0.2, 0.25) is 5.91 Å². The summed E-state index contributed by atoms with van der Waals surface area (Å²) in [6.07, 6.45) is 7.06. The first-order valence-electron chi connectivity index (χ1n) is 13.4. The Morgan fingerprint density at radius 2 is 1.95 bits per heavy atom. The molecule has 5 aromatic rings. The number of alkyl halides is 2. The van der Waals surface area contributed by atoms with Gasteiger partial charge in [0.15, 0.2) is 0 Å². The van der Waals surface area contributed by atoms with E-state index in [-0.39, 0.29) is 28.6 Å². The van der Waals surface area contributed by atoms with Crippen LogP contribution in [0, 0.1) is 12.8 Å². The van der Waals surface area contributed by atoms with E-state index in [4.69, 9.17) is 16.0 Å². The van der Waals surface area contributed by atoms with E-state index in [1.165, 1.54) is 12.4 Å². The van der Waals surface area contributed by atoms with Gasteiger partial charge in [-0.3, -0.25) is 9.78 Å². The Kier molecular flexibility index (Phi) is 7.45. The van der Waals surface area contributed by atoms with Crippen molar-refractivity contribution in [2.24, 2.45) is 5.92 Å². The molecule has 218 valence electrons. The lowest BCUT2D eigenvalue weighted by Gasteiger charge is -2.16. The van der Waals surface area contributed by atoms with Crippen LogP contribution in [-0.4, -0.2) is 35.7 Å². The molecule has 0 saturated heterocycles. The highest BCUT2D eigenvalue weighted by atomic mass is 35.5. The van der Waals surface area contributed by atoms with Crippen LogP contribution in [0.2, 0.25) is 5.02 Å². The molecule has 0 radical (unpaired) electrons. The Hall–Kier alpha value is -4.97. The maximum absolute atomic E-state index is 13.9. The number of hydrogen-bond donors (Lipinski definition) is 1. The standard InChI is InChI=1S/C30H24ClF2N7O3/c1-16-4-3-5-20(23-12-18(10-11-34-23)27-24(36-28(16)41)14-35-40(27)30(32)33)21-7-9-26(43-29(21)42)22-13-19(31)6-8-25(22)39-15-17(2)37-38-39/h5-16,30H,3-4H2,1-2H3,(H,36,41)/b20-5-/t16-/m1/s1. The van der Waals surface area contributed by atoms with E-state index >= 15 is 0 Å². The fraction of sp³-hybridized carbons (Fsp3) is 0.200. The zero-order valence-electron chi connectivity index (χ0n) is 23.0. The van der Waals surface area contributed by atoms with Crippen LogP contribution in [0.15, 0.2) is 76.3 Å². The van der Waals surface area contributed by atoms with Crippen LogP contribution in [0.5, 0.6) is 0 Å². The monoisotopic (exact) mass is 603 g/mol. The van der Waals surface area contributed by atoms with Crippen molar-refractivity contribution in [3.63, 3.8) is 0 Å². The van der Waals surface area contributed by atoms with E-state index in [0.717, 1.165) is 0 Å². The number of pyridine rings is 1. The number of nitrogens with one attached hydrogen (secondary N) is 1. The van der Waals surface area contributed by atoms with E-state index in [0.29, 0.717) is 56.3 Å². The third-order valence-corrected chi connectivity index (χ3v) is 7.37. The third-order valence-electron chi connectivity index (χ3n) is 7.14. The average molecular weight is 604 g/mol. The number of hydrogen-bond acceptors (Lipinski definition) is 7. The predicted molar refractivity (Wildman–Crippen MR) is 156 cm³/mol. The molecule has 1 atom stereocenters. The molecule has 2 bridgehead atoms. The molecule has 0 fully saturated rings. The van der Waals surface area contributed by atoms with E-state index in [2.05, 4.69) is 25.7 Å². The maximum Gasteiger partial charge on any atom is 0.344 e. The second-order valence-corrected chi connectivity index (χ2v) is 10.5. The topological polar surface area (TPSA) is 121 Å². The van der Waals surface area contributed by atoms with Crippen molar-refractivity contribution >= 4 is 28.8 Å². The normalized spacial score (nSPS) is 16.6. The predicted octanol–water partition coefficient (Wildman–Crippen LogP) is 6.30. The molecule has 1 aromatic carbocycles. The highest BCUT2D eigenvalue weighted by molar-refractivity contribution is 6.31. The van der Waals surface area contributed by atoms with Gasteiger partial charge in [0.1, 0.15) is 5.76 Å². The van der Waals surface area contributed by atoms with Gasteiger partial charge >= 0.3 is 12.2 Å². The first-order valence-corrected chi connectivity index (χ1v) is 13.7. The molecular weight excluding hydrogens is 580 g/mol. The highest BCUT2D eigenvalue weighted by Gasteiger charge is 2.24. The minimum Gasteiger partial charge on any atom is -0.422 e. The fourth-order valence-corrected chi connectivity index (χ4v) is 5.13. The SMILES string of the molecule is Cc1cn(-c2ccc(Cl)cc2-c2ccc(/C3=C/CC[C@@H](C)C(=O)Nc4cnn(C(F)F)c4-c4ccnc3c4)c(=O)o2)nn1. The summed E-state index contributed by atoms with van der Waals surface area (Å²) in [5.74, 6) is -0.527. The molecule has 1 aliphatic rings. The van der Waals surface area contributed by atoms with Gasteiger partial charge in [-0.25, -0.2) is 14.2 Å². The molecule has 4 aromatic heterocycles. The van der Waals surface area contributed by atoms with Crippen molar-refractivity contribution in [1.29, 1.82) is 0 Å². The van der Waals surface area contributed by atoms with Gasteiger partial charge in [-0.15, -0.1) is 5.10 Å². The van der Waals surface area contributed by atoms with Gasteiger partial charge in [0.25, 0.3) is 0 Å². The number of rotatable bonds is 4. The number of fused-ring (bicyclic) bond motifs is 4. The molecule has 5 heterocycles. The van der Waals surface area contributed by atoms with Crippen molar-refractivity contribution in [1.82, 2.24) is 29.8 Å². The number of nitrogens with zero attached hydrogens (tertiary/aromatic N) is 6. The average Bonchev–Trinajstić information content (AvgIpc) is 3.61. The number of carbonyl (C=O) groups is 1. The number of benzene rings is 1. The zero-order chi connectivity index (χ0) is 30.2. The first kappa shape index (κ1) is 28.2. The number of aryl methyl sites for hydroxylation is 1. The highest BCUT2D eigenvalue weighted by Crippen LogP contribution is 2.35. The number of amides is 1. The number of carbonyl (C=O) groups excluding carboxylic acids is 1. The lowest BCUT2D eigenvalue weighted by Crippen LogP contribution is -2.21.